The summed E-state index contributed by atoms with van der Waals surface area (Å²) in [5.74, 6) is 0.242. The van der Waals surface area contributed by atoms with Crippen LogP contribution in [0.1, 0.15) is 21.7 Å². The van der Waals surface area contributed by atoms with Crippen molar-refractivity contribution in [2.75, 3.05) is 5.73 Å². The van der Waals surface area contributed by atoms with E-state index in [9.17, 15) is 9.59 Å². The lowest BCUT2D eigenvalue weighted by Crippen LogP contribution is -2.34. The zero-order chi connectivity index (χ0) is 23.0. The smallest absolute Gasteiger partial charge is 0.268 e. The van der Waals surface area contributed by atoms with Crippen molar-refractivity contribution in [3.8, 4) is 11.3 Å². The SMILES string of the molecule is Nc1ccccc1CNC(=O)C(=Cc1ccc(-c2ccccc2)o1)NC(=O)c1ccccc1. The number of hydrogen-bond donors (Lipinski definition) is 3. The molecular formula is C27H23N3O3. The van der Waals surface area contributed by atoms with E-state index in [-0.39, 0.29) is 12.2 Å². The highest BCUT2D eigenvalue weighted by atomic mass is 16.3. The van der Waals surface area contributed by atoms with Crippen LogP contribution in [0.5, 0.6) is 0 Å². The van der Waals surface area contributed by atoms with Gasteiger partial charge >= 0.3 is 0 Å². The summed E-state index contributed by atoms with van der Waals surface area (Å²) in [6.07, 6.45) is 1.51. The average molecular weight is 437 g/mol. The number of nitrogen functional groups attached to an aromatic ring is 1. The zero-order valence-corrected chi connectivity index (χ0v) is 17.8. The third-order valence-corrected chi connectivity index (χ3v) is 4.99. The summed E-state index contributed by atoms with van der Waals surface area (Å²) in [4.78, 5) is 25.7. The van der Waals surface area contributed by atoms with Crippen LogP contribution in [0, 0.1) is 0 Å². The first kappa shape index (κ1) is 21.6. The first-order valence-electron chi connectivity index (χ1n) is 10.4. The highest BCUT2D eigenvalue weighted by molar-refractivity contribution is 6.05. The number of nitrogens with two attached hydrogens (primary N) is 1. The van der Waals surface area contributed by atoms with Gasteiger partial charge in [0.25, 0.3) is 11.8 Å². The second-order valence-electron chi connectivity index (χ2n) is 7.33. The van der Waals surface area contributed by atoms with Gasteiger partial charge in [-0.25, -0.2) is 0 Å². The molecule has 0 fully saturated rings. The number of amides is 2. The van der Waals surface area contributed by atoms with Gasteiger partial charge in [0.15, 0.2) is 0 Å². The maximum Gasteiger partial charge on any atom is 0.268 e. The molecule has 0 aliphatic rings. The van der Waals surface area contributed by atoms with Crippen LogP contribution in [-0.2, 0) is 11.3 Å². The van der Waals surface area contributed by atoms with E-state index in [2.05, 4.69) is 10.6 Å². The maximum atomic E-state index is 13.0. The molecule has 2 amide bonds. The molecule has 33 heavy (non-hydrogen) atoms. The van der Waals surface area contributed by atoms with Gasteiger partial charge in [-0.3, -0.25) is 9.59 Å². The molecule has 0 saturated heterocycles. The monoisotopic (exact) mass is 437 g/mol. The molecule has 4 N–H and O–H groups in total. The van der Waals surface area contributed by atoms with Crippen LogP contribution in [0.2, 0.25) is 0 Å². The van der Waals surface area contributed by atoms with Gasteiger partial charge in [0, 0.05) is 29.4 Å². The van der Waals surface area contributed by atoms with Gasteiger partial charge in [-0.1, -0.05) is 66.7 Å². The number of benzene rings is 3. The quantitative estimate of drug-likeness (QED) is 0.290. The van der Waals surface area contributed by atoms with Crippen LogP contribution in [-0.4, -0.2) is 11.8 Å². The van der Waals surface area contributed by atoms with E-state index in [1.807, 2.05) is 60.7 Å². The van der Waals surface area contributed by atoms with Gasteiger partial charge in [-0.15, -0.1) is 0 Å². The Balaban J connectivity index is 1.58. The summed E-state index contributed by atoms with van der Waals surface area (Å²) < 4.78 is 5.89. The summed E-state index contributed by atoms with van der Waals surface area (Å²) >= 11 is 0. The van der Waals surface area contributed by atoms with Crippen LogP contribution in [0.3, 0.4) is 0 Å². The standard InChI is InChI=1S/C27H23N3O3/c28-23-14-8-7-13-21(23)18-29-27(32)24(30-26(31)20-11-5-2-6-12-20)17-22-15-16-25(33-22)19-9-3-1-4-10-19/h1-17H,18,28H2,(H,29,32)(H,30,31). The van der Waals surface area contributed by atoms with E-state index in [0.29, 0.717) is 22.8 Å². The Bertz CT molecular complexity index is 1280. The fourth-order valence-electron chi connectivity index (χ4n) is 3.24. The molecule has 0 aliphatic heterocycles. The lowest BCUT2D eigenvalue weighted by Gasteiger charge is -2.12. The summed E-state index contributed by atoms with van der Waals surface area (Å²) in [7, 11) is 0. The Morgan fingerprint density at radius 3 is 2.21 bits per heavy atom. The first-order valence-corrected chi connectivity index (χ1v) is 10.4. The van der Waals surface area contributed by atoms with Crippen molar-refractivity contribution in [1.29, 1.82) is 0 Å². The molecule has 1 heterocycles. The molecule has 1 aromatic heterocycles. The fourth-order valence-corrected chi connectivity index (χ4v) is 3.24. The summed E-state index contributed by atoms with van der Waals surface area (Å²) in [5.41, 5.74) is 8.74. The van der Waals surface area contributed by atoms with Crippen molar-refractivity contribution in [1.82, 2.24) is 10.6 Å². The van der Waals surface area contributed by atoms with Crippen LogP contribution >= 0.6 is 0 Å². The van der Waals surface area contributed by atoms with Crippen LogP contribution in [0.15, 0.2) is 107 Å². The minimum Gasteiger partial charge on any atom is -0.457 e. The van der Waals surface area contributed by atoms with E-state index in [1.165, 1.54) is 6.08 Å². The molecule has 3 aromatic carbocycles. The van der Waals surface area contributed by atoms with Crippen LogP contribution < -0.4 is 16.4 Å². The second-order valence-corrected chi connectivity index (χ2v) is 7.33. The van der Waals surface area contributed by atoms with E-state index in [1.54, 1.807) is 36.4 Å². The first-order chi connectivity index (χ1) is 16.1. The highest BCUT2D eigenvalue weighted by Crippen LogP contribution is 2.23. The largest absolute Gasteiger partial charge is 0.457 e. The van der Waals surface area contributed by atoms with Gasteiger partial charge in [0.05, 0.1) is 0 Å². The molecule has 164 valence electrons. The van der Waals surface area contributed by atoms with Gasteiger partial charge < -0.3 is 20.8 Å². The van der Waals surface area contributed by atoms with Crippen molar-refractivity contribution in [3.05, 3.63) is 120 Å². The van der Waals surface area contributed by atoms with Gasteiger partial charge in [-0.2, -0.15) is 0 Å². The molecule has 0 bridgehead atoms. The number of para-hydroxylation sites is 1. The van der Waals surface area contributed by atoms with Gasteiger partial charge in [0.2, 0.25) is 0 Å². The number of carbonyl (C=O) groups is 2. The number of carbonyl (C=O) groups excluding carboxylic acids is 2. The third kappa shape index (κ3) is 5.57. The number of rotatable bonds is 7. The number of hydrogen-bond acceptors (Lipinski definition) is 4. The molecule has 6 heteroatoms. The molecule has 0 spiro atoms. The highest BCUT2D eigenvalue weighted by Gasteiger charge is 2.16. The molecule has 0 atom stereocenters. The van der Waals surface area contributed by atoms with Gasteiger partial charge in [0.1, 0.15) is 17.2 Å². The van der Waals surface area contributed by atoms with Crippen molar-refractivity contribution in [2.45, 2.75) is 6.54 Å². The van der Waals surface area contributed by atoms with Crippen LogP contribution in [0.4, 0.5) is 5.69 Å². The minimum absolute atomic E-state index is 0.0623. The lowest BCUT2D eigenvalue weighted by molar-refractivity contribution is -0.117. The van der Waals surface area contributed by atoms with E-state index >= 15 is 0 Å². The van der Waals surface area contributed by atoms with Crippen molar-refractivity contribution < 1.29 is 14.0 Å². The lowest BCUT2D eigenvalue weighted by atomic mass is 10.1. The predicted molar refractivity (Wildman–Crippen MR) is 129 cm³/mol. The Kier molecular flexibility index (Phi) is 6.66. The molecule has 0 saturated carbocycles. The van der Waals surface area contributed by atoms with Crippen LogP contribution in [0.25, 0.3) is 17.4 Å². The minimum atomic E-state index is -0.458. The van der Waals surface area contributed by atoms with E-state index in [0.717, 1.165) is 11.1 Å². The van der Waals surface area contributed by atoms with Crippen molar-refractivity contribution >= 4 is 23.6 Å². The maximum absolute atomic E-state index is 13.0. The fraction of sp³-hybridized carbons (Fsp3) is 0.0370. The number of furan rings is 1. The predicted octanol–water partition coefficient (Wildman–Crippen LogP) is 4.62. The Morgan fingerprint density at radius 2 is 1.48 bits per heavy atom. The molecule has 0 aliphatic carbocycles. The topological polar surface area (TPSA) is 97.4 Å². The molecule has 4 rings (SSSR count). The molecular weight excluding hydrogens is 414 g/mol. The van der Waals surface area contributed by atoms with Crippen molar-refractivity contribution in [3.63, 3.8) is 0 Å². The summed E-state index contributed by atoms with van der Waals surface area (Å²) in [6.45, 7) is 0.220. The number of nitrogens with one attached hydrogen (secondary N) is 2. The molecule has 0 radical (unpaired) electrons. The van der Waals surface area contributed by atoms with E-state index in [4.69, 9.17) is 10.2 Å². The Morgan fingerprint density at radius 1 is 0.818 bits per heavy atom. The Labute approximate surface area is 191 Å². The average Bonchev–Trinajstić information content (AvgIpc) is 3.32. The molecule has 0 unspecified atom stereocenters. The number of anilines is 1. The van der Waals surface area contributed by atoms with Gasteiger partial charge in [-0.05, 0) is 35.9 Å². The molecule has 4 aromatic rings. The van der Waals surface area contributed by atoms with E-state index < -0.39 is 11.8 Å². The molecule has 6 nitrogen and oxygen atoms in total. The third-order valence-electron chi connectivity index (χ3n) is 4.99. The normalized spacial score (nSPS) is 11.1. The summed E-state index contributed by atoms with van der Waals surface area (Å²) in [6, 6.07) is 29.2. The summed E-state index contributed by atoms with van der Waals surface area (Å²) in [5, 5.41) is 5.51. The van der Waals surface area contributed by atoms with Crippen molar-refractivity contribution in [2.24, 2.45) is 0 Å². The zero-order valence-electron chi connectivity index (χ0n) is 17.8. The second kappa shape index (κ2) is 10.2. The Hall–Kier alpha value is -4.58.